The van der Waals surface area contributed by atoms with Crippen molar-refractivity contribution >= 4 is 11.0 Å². The fraction of sp³-hybridized carbons (Fsp3) is 0.0625. The largest absolute Gasteiger partial charge is 0.252 e. The fourth-order valence-electron chi connectivity index (χ4n) is 2.43. The number of hydrogen-bond donors (Lipinski definition) is 0. The minimum absolute atomic E-state index is 0.943. The normalized spacial score (nSPS) is 11.2. The summed E-state index contributed by atoms with van der Waals surface area (Å²) < 4.78 is 3.68. The maximum absolute atomic E-state index is 4.71. The van der Waals surface area contributed by atoms with E-state index in [1.54, 1.807) is 0 Å². The zero-order valence-electron chi connectivity index (χ0n) is 11.1. The number of aryl methyl sites for hydroxylation is 1. The van der Waals surface area contributed by atoms with Gasteiger partial charge in [0, 0.05) is 10.2 Å². The number of aromatic nitrogens is 4. The third-order valence-corrected chi connectivity index (χ3v) is 3.41. The first kappa shape index (κ1) is 11.1. The van der Waals surface area contributed by atoms with Crippen molar-refractivity contribution < 1.29 is 4.63 Å². The van der Waals surface area contributed by atoms with Crippen molar-refractivity contribution in [1.29, 1.82) is 0 Å². The van der Waals surface area contributed by atoms with Crippen LogP contribution >= 0.6 is 0 Å². The molecule has 0 atom stereocenters. The smallest absolute Gasteiger partial charge is 0.0622 e. The molecule has 0 bridgehead atoms. The Kier molecular flexibility index (Phi) is 2.29. The number of rotatable bonds is 1. The lowest BCUT2D eigenvalue weighted by atomic mass is 10.1. The lowest BCUT2D eigenvalue weighted by Crippen LogP contribution is -2.35. The molecule has 0 aliphatic heterocycles. The Balaban J connectivity index is 2.08. The predicted octanol–water partition coefficient (Wildman–Crippen LogP) is 2.44. The van der Waals surface area contributed by atoms with E-state index >= 15 is 0 Å². The van der Waals surface area contributed by atoms with Gasteiger partial charge in [0.15, 0.2) is 0 Å². The van der Waals surface area contributed by atoms with Crippen LogP contribution in [-0.2, 0) is 0 Å². The standard InChI is InChI=1S/C16H13N4/c1-12-11-15(13-7-3-2-4-8-13)18-20-16-10-6-5-9-14(16)17-19(12)20/h2-11H,1H3/q+1. The predicted molar refractivity (Wildman–Crippen MR) is 76.3 cm³/mol. The van der Waals surface area contributed by atoms with E-state index in [-0.39, 0.29) is 0 Å². The van der Waals surface area contributed by atoms with E-state index < -0.39 is 0 Å². The van der Waals surface area contributed by atoms with Gasteiger partial charge in [-0.3, -0.25) is 0 Å². The second kappa shape index (κ2) is 4.13. The van der Waals surface area contributed by atoms with Crippen LogP contribution in [0.25, 0.3) is 22.3 Å². The summed E-state index contributed by atoms with van der Waals surface area (Å²) in [5.74, 6) is 0. The maximum atomic E-state index is 4.71. The van der Waals surface area contributed by atoms with Gasteiger partial charge in [0.2, 0.25) is 5.52 Å². The van der Waals surface area contributed by atoms with Crippen LogP contribution < -0.4 is 4.63 Å². The van der Waals surface area contributed by atoms with E-state index in [0.29, 0.717) is 0 Å². The molecule has 0 unspecified atom stereocenters. The second-order valence-electron chi connectivity index (χ2n) is 4.80. The van der Waals surface area contributed by atoms with E-state index in [1.165, 1.54) is 0 Å². The summed E-state index contributed by atoms with van der Waals surface area (Å²) in [5, 5.41) is 9.28. The monoisotopic (exact) mass is 261 g/mol. The van der Waals surface area contributed by atoms with Crippen LogP contribution in [0.4, 0.5) is 0 Å². The van der Waals surface area contributed by atoms with Gasteiger partial charge in [0.25, 0.3) is 5.52 Å². The Hall–Kier alpha value is -2.75. The molecule has 0 amide bonds. The molecule has 4 rings (SSSR count). The first-order chi connectivity index (χ1) is 9.83. The number of hydrogen-bond acceptors (Lipinski definition) is 2. The average Bonchev–Trinajstić information content (AvgIpc) is 2.88. The summed E-state index contributed by atoms with van der Waals surface area (Å²) in [6.07, 6.45) is 0. The third kappa shape index (κ3) is 1.58. The summed E-state index contributed by atoms with van der Waals surface area (Å²) >= 11 is 0. The van der Waals surface area contributed by atoms with E-state index in [4.69, 9.17) is 5.10 Å². The molecule has 0 saturated carbocycles. The molecule has 0 spiro atoms. The molecule has 96 valence electrons. The third-order valence-electron chi connectivity index (χ3n) is 3.41. The van der Waals surface area contributed by atoms with Crippen molar-refractivity contribution in [2.45, 2.75) is 6.92 Å². The van der Waals surface area contributed by atoms with Crippen LogP contribution in [0.15, 0.2) is 60.7 Å². The minimum Gasteiger partial charge on any atom is -0.0622 e. The Morgan fingerprint density at radius 1 is 0.950 bits per heavy atom. The quantitative estimate of drug-likeness (QED) is 0.493. The van der Waals surface area contributed by atoms with Crippen molar-refractivity contribution in [3.05, 3.63) is 66.4 Å². The number of nitrogens with zero attached hydrogens (tertiary/aromatic N) is 4. The van der Waals surface area contributed by atoms with Crippen molar-refractivity contribution in [3.8, 4) is 11.3 Å². The van der Waals surface area contributed by atoms with Gasteiger partial charge in [-0.05, 0) is 29.8 Å². The van der Waals surface area contributed by atoms with Crippen molar-refractivity contribution in [3.63, 3.8) is 0 Å². The zero-order chi connectivity index (χ0) is 13.5. The van der Waals surface area contributed by atoms with Gasteiger partial charge in [-0.2, -0.15) is 0 Å². The molecule has 4 aromatic rings. The molecular formula is C16H13N4+. The lowest BCUT2D eigenvalue weighted by Gasteiger charge is -2.00. The van der Waals surface area contributed by atoms with Gasteiger partial charge >= 0.3 is 0 Å². The summed E-state index contributed by atoms with van der Waals surface area (Å²) in [6, 6.07) is 20.3. The van der Waals surface area contributed by atoms with E-state index in [9.17, 15) is 0 Å². The molecule has 0 saturated heterocycles. The highest BCUT2D eigenvalue weighted by atomic mass is 15.6. The highest BCUT2D eigenvalue weighted by Crippen LogP contribution is 2.16. The summed E-state index contributed by atoms with van der Waals surface area (Å²) in [5.41, 5.74) is 5.06. The summed E-state index contributed by atoms with van der Waals surface area (Å²) in [6.45, 7) is 2.04. The summed E-state index contributed by atoms with van der Waals surface area (Å²) in [7, 11) is 0. The van der Waals surface area contributed by atoms with Gasteiger partial charge in [0.1, 0.15) is 11.4 Å². The molecule has 2 aromatic heterocycles. The Bertz CT molecular complexity index is 910. The van der Waals surface area contributed by atoms with Gasteiger partial charge in [-0.15, -0.1) is 0 Å². The molecule has 2 heterocycles. The molecule has 0 aliphatic carbocycles. The van der Waals surface area contributed by atoms with Gasteiger partial charge < -0.3 is 0 Å². The van der Waals surface area contributed by atoms with Crippen LogP contribution in [0, 0.1) is 6.92 Å². The Morgan fingerprint density at radius 3 is 2.55 bits per heavy atom. The molecule has 4 nitrogen and oxygen atoms in total. The molecule has 0 fully saturated rings. The van der Waals surface area contributed by atoms with E-state index in [0.717, 1.165) is 28.0 Å². The first-order valence-corrected chi connectivity index (χ1v) is 6.56. The lowest BCUT2D eigenvalue weighted by molar-refractivity contribution is -0.659. The van der Waals surface area contributed by atoms with Crippen molar-refractivity contribution in [2.24, 2.45) is 0 Å². The molecule has 20 heavy (non-hydrogen) atoms. The zero-order valence-corrected chi connectivity index (χ0v) is 11.1. The van der Waals surface area contributed by atoms with Crippen LogP contribution in [0.2, 0.25) is 0 Å². The SMILES string of the molecule is Cc1cc(-c2ccccc2)n[n+]2c3ccccc3nn12. The second-order valence-corrected chi connectivity index (χ2v) is 4.80. The van der Waals surface area contributed by atoms with Gasteiger partial charge in [-0.1, -0.05) is 47.6 Å². The molecule has 2 aromatic carbocycles. The molecular weight excluding hydrogens is 248 g/mol. The number of para-hydroxylation sites is 1. The van der Waals surface area contributed by atoms with Crippen LogP contribution in [-0.4, -0.2) is 14.8 Å². The van der Waals surface area contributed by atoms with Gasteiger partial charge in [-0.25, -0.2) is 0 Å². The number of benzene rings is 2. The fourth-order valence-corrected chi connectivity index (χ4v) is 2.43. The van der Waals surface area contributed by atoms with Crippen molar-refractivity contribution in [2.75, 3.05) is 0 Å². The average molecular weight is 261 g/mol. The first-order valence-electron chi connectivity index (χ1n) is 6.56. The van der Waals surface area contributed by atoms with Crippen molar-refractivity contribution in [1.82, 2.24) is 14.8 Å². The molecule has 0 radical (unpaired) electrons. The Morgan fingerprint density at radius 2 is 1.70 bits per heavy atom. The topological polar surface area (TPSA) is 34.3 Å². The van der Waals surface area contributed by atoms with Crippen LogP contribution in [0.1, 0.15) is 5.69 Å². The van der Waals surface area contributed by atoms with E-state index in [2.05, 4.69) is 23.3 Å². The highest BCUT2D eigenvalue weighted by Gasteiger charge is 2.17. The molecule has 0 aliphatic rings. The summed E-state index contributed by atoms with van der Waals surface area (Å²) in [4.78, 5) is 0. The highest BCUT2D eigenvalue weighted by molar-refractivity contribution is 5.70. The Labute approximate surface area is 115 Å². The number of fused-ring (bicyclic) bond motifs is 3. The molecule has 4 heteroatoms. The van der Waals surface area contributed by atoms with Crippen LogP contribution in [0.5, 0.6) is 0 Å². The van der Waals surface area contributed by atoms with E-state index in [1.807, 2.05) is 58.6 Å². The van der Waals surface area contributed by atoms with Gasteiger partial charge in [0.05, 0.1) is 5.10 Å². The van der Waals surface area contributed by atoms with Crippen LogP contribution in [0.3, 0.4) is 0 Å². The molecule has 0 N–H and O–H groups in total. The maximum Gasteiger partial charge on any atom is 0.252 e. The minimum atomic E-state index is 0.943.